The molecule has 24 heavy (non-hydrogen) atoms. The van der Waals surface area contributed by atoms with Gasteiger partial charge in [0.1, 0.15) is 0 Å². The maximum absolute atomic E-state index is 10.2. The van der Waals surface area contributed by atoms with Gasteiger partial charge in [0.2, 0.25) is 0 Å². The van der Waals surface area contributed by atoms with E-state index in [9.17, 15) is 5.11 Å². The second-order valence-corrected chi connectivity index (χ2v) is 10.7. The molecule has 138 valence electrons. The molecule has 0 aromatic heterocycles. The van der Waals surface area contributed by atoms with Crippen molar-refractivity contribution >= 4 is 0 Å². The fourth-order valence-electron chi connectivity index (χ4n) is 8.63. The van der Waals surface area contributed by atoms with Gasteiger partial charge in [0.15, 0.2) is 0 Å². The Bertz CT molecular complexity index is 467. The lowest BCUT2D eigenvalue weighted by Gasteiger charge is -2.61. The topological polar surface area (TPSA) is 20.2 Å². The molecular formula is C23H40O. The Hall–Kier alpha value is -0.0400. The Labute approximate surface area is 150 Å². The maximum atomic E-state index is 10.2. The SMILES string of the molecule is CCCC1C(C)CC2C3CCC4CC(O)CCC4(C)C3CCC12C. The van der Waals surface area contributed by atoms with E-state index in [0.29, 0.717) is 10.8 Å². The Morgan fingerprint density at radius 1 is 0.917 bits per heavy atom. The lowest BCUT2D eigenvalue weighted by molar-refractivity contribution is -0.127. The number of rotatable bonds is 2. The van der Waals surface area contributed by atoms with Crippen LogP contribution in [0.5, 0.6) is 0 Å². The number of hydrogen-bond acceptors (Lipinski definition) is 1. The highest BCUT2D eigenvalue weighted by Gasteiger charge is 2.61. The average molecular weight is 333 g/mol. The van der Waals surface area contributed by atoms with E-state index >= 15 is 0 Å². The summed E-state index contributed by atoms with van der Waals surface area (Å²) >= 11 is 0. The summed E-state index contributed by atoms with van der Waals surface area (Å²) in [4.78, 5) is 0. The van der Waals surface area contributed by atoms with Gasteiger partial charge in [-0.25, -0.2) is 0 Å². The van der Waals surface area contributed by atoms with Crippen LogP contribution in [0, 0.1) is 46.3 Å². The molecule has 0 saturated heterocycles. The smallest absolute Gasteiger partial charge is 0.0543 e. The molecule has 0 aliphatic heterocycles. The lowest BCUT2D eigenvalue weighted by Crippen LogP contribution is -2.53. The summed E-state index contributed by atoms with van der Waals surface area (Å²) < 4.78 is 0. The van der Waals surface area contributed by atoms with Gasteiger partial charge in [-0.1, -0.05) is 34.1 Å². The van der Waals surface area contributed by atoms with Gasteiger partial charge in [-0.2, -0.15) is 0 Å². The summed E-state index contributed by atoms with van der Waals surface area (Å²) in [6, 6.07) is 0. The van der Waals surface area contributed by atoms with Crippen LogP contribution < -0.4 is 0 Å². The minimum absolute atomic E-state index is 0.00563. The summed E-state index contributed by atoms with van der Waals surface area (Å²) in [5, 5.41) is 10.2. The molecule has 0 spiro atoms. The fourth-order valence-corrected chi connectivity index (χ4v) is 8.63. The van der Waals surface area contributed by atoms with E-state index in [-0.39, 0.29) is 6.10 Å². The van der Waals surface area contributed by atoms with Gasteiger partial charge in [-0.05, 0) is 104 Å². The van der Waals surface area contributed by atoms with Crippen molar-refractivity contribution in [3.8, 4) is 0 Å². The molecular weight excluding hydrogens is 292 g/mol. The minimum Gasteiger partial charge on any atom is -0.393 e. The van der Waals surface area contributed by atoms with Crippen molar-refractivity contribution in [1.82, 2.24) is 0 Å². The van der Waals surface area contributed by atoms with Crippen LogP contribution in [0.4, 0.5) is 0 Å². The van der Waals surface area contributed by atoms with Crippen LogP contribution in [0.1, 0.15) is 91.9 Å². The van der Waals surface area contributed by atoms with Gasteiger partial charge in [-0.3, -0.25) is 0 Å². The molecule has 4 aliphatic rings. The highest BCUT2D eigenvalue weighted by atomic mass is 16.3. The van der Waals surface area contributed by atoms with Gasteiger partial charge in [-0.15, -0.1) is 0 Å². The number of hydrogen-bond donors (Lipinski definition) is 1. The van der Waals surface area contributed by atoms with Gasteiger partial charge in [0.25, 0.3) is 0 Å². The van der Waals surface area contributed by atoms with E-state index in [2.05, 4.69) is 27.7 Å². The third-order valence-electron chi connectivity index (χ3n) is 9.84. The monoisotopic (exact) mass is 332 g/mol. The molecule has 0 radical (unpaired) electrons. The molecule has 0 aromatic rings. The van der Waals surface area contributed by atoms with E-state index < -0.39 is 0 Å². The molecule has 4 saturated carbocycles. The van der Waals surface area contributed by atoms with E-state index in [1.807, 2.05) is 0 Å². The van der Waals surface area contributed by atoms with Crippen molar-refractivity contribution in [2.75, 3.05) is 0 Å². The molecule has 4 aliphatic carbocycles. The van der Waals surface area contributed by atoms with E-state index in [1.165, 1.54) is 51.4 Å². The summed E-state index contributed by atoms with van der Waals surface area (Å²) in [6.07, 6.45) is 13.6. The van der Waals surface area contributed by atoms with Crippen LogP contribution in [0.3, 0.4) is 0 Å². The standard InChI is InChI=1S/C23H40O/c1-5-6-19-15(2)13-21-18-8-7-16-14-17(24)9-11-22(16,3)20(18)10-12-23(19,21)4/h15-21,24H,5-14H2,1-4H3. The van der Waals surface area contributed by atoms with Gasteiger partial charge < -0.3 is 5.11 Å². The Kier molecular flexibility index (Phi) is 4.34. The third-order valence-corrected chi connectivity index (χ3v) is 9.84. The van der Waals surface area contributed by atoms with E-state index in [0.717, 1.165) is 48.3 Å². The van der Waals surface area contributed by atoms with Crippen molar-refractivity contribution in [1.29, 1.82) is 0 Å². The zero-order valence-corrected chi connectivity index (χ0v) is 16.6. The zero-order chi connectivity index (χ0) is 17.1. The summed E-state index contributed by atoms with van der Waals surface area (Å²) in [5.74, 6) is 5.66. The van der Waals surface area contributed by atoms with Gasteiger partial charge in [0.05, 0.1) is 6.10 Å². The van der Waals surface area contributed by atoms with Crippen LogP contribution in [0.2, 0.25) is 0 Å². The van der Waals surface area contributed by atoms with Crippen LogP contribution in [0.15, 0.2) is 0 Å². The molecule has 0 aromatic carbocycles. The van der Waals surface area contributed by atoms with Crippen molar-refractivity contribution in [3.63, 3.8) is 0 Å². The molecule has 9 unspecified atom stereocenters. The molecule has 4 rings (SSSR count). The molecule has 9 atom stereocenters. The van der Waals surface area contributed by atoms with Crippen molar-refractivity contribution in [2.24, 2.45) is 46.3 Å². The summed E-state index contributed by atoms with van der Waals surface area (Å²) in [6.45, 7) is 10.2. The Balaban J connectivity index is 1.60. The van der Waals surface area contributed by atoms with Gasteiger partial charge in [0, 0.05) is 0 Å². The molecule has 1 N–H and O–H groups in total. The van der Waals surface area contributed by atoms with Crippen molar-refractivity contribution in [2.45, 2.75) is 98.0 Å². The molecule has 1 nitrogen and oxygen atoms in total. The summed E-state index contributed by atoms with van der Waals surface area (Å²) in [7, 11) is 0. The highest BCUT2D eigenvalue weighted by Crippen LogP contribution is 2.68. The predicted octanol–water partition coefficient (Wildman–Crippen LogP) is 6.05. The first-order chi connectivity index (χ1) is 11.4. The molecule has 1 heteroatoms. The van der Waals surface area contributed by atoms with Crippen molar-refractivity contribution < 1.29 is 5.11 Å². The Morgan fingerprint density at radius 2 is 1.67 bits per heavy atom. The number of aliphatic hydroxyl groups excluding tert-OH is 1. The van der Waals surface area contributed by atoms with Crippen LogP contribution in [-0.2, 0) is 0 Å². The second-order valence-electron chi connectivity index (χ2n) is 10.7. The first-order valence-electron chi connectivity index (χ1n) is 11.1. The first kappa shape index (κ1) is 17.4. The minimum atomic E-state index is -0.00563. The van der Waals surface area contributed by atoms with Crippen LogP contribution in [-0.4, -0.2) is 11.2 Å². The average Bonchev–Trinajstić information content (AvgIpc) is 2.80. The van der Waals surface area contributed by atoms with Crippen LogP contribution >= 0.6 is 0 Å². The molecule has 0 amide bonds. The normalized spacial score (nSPS) is 57.1. The number of aliphatic hydroxyl groups is 1. The van der Waals surface area contributed by atoms with Gasteiger partial charge >= 0.3 is 0 Å². The second kappa shape index (κ2) is 6.00. The van der Waals surface area contributed by atoms with E-state index in [4.69, 9.17) is 0 Å². The van der Waals surface area contributed by atoms with Crippen molar-refractivity contribution in [3.05, 3.63) is 0 Å². The number of fused-ring (bicyclic) bond motifs is 5. The largest absolute Gasteiger partial charge is 0.393 e. The fraction of sp³-hybridized carbons (Fsp3) is 1.00. The quantitative estimate of drug-likeness (QED) is 0.652. The zero-order valence-electron chi connectivity index (χ0n) is 16.6. The summed E-state index contributed by atoms with van der Waals surface area (Å²) in [5.41, 5.74) is 1.17. The van der Waals surface area contributed by atoms with Crippen LogP contribution in [0.25, 0.3) is 0 Å². The van der Waals surface area contributed by atoms with E-state index in [1.54, 1.807) is 0 Å². The molecule has 0 bridgehead atoms. The Morgan fingerprint density at radius 3 is 2.42 bits per heavy atom. The highest BCUT2D eigenvalue weighted by molar-refractivity contribution is 5.10. The molecule has 0 heterocycles. The third kappa shape index (κ3) is 2.36. The first-order valence-corrected chi connectivity index (χ1v) is 11.1. The molecule has 4 fully saturated rings. The lowest BCUT2D eigenvalue weighted by atomic mass is 9.44. The predicted molar refractivity (Wildman–Crippen MR) is 101 cm³/mol. The maximum Gasteiger partial charge on any atom is 0.0543 e.